The molecule has 4 nitrogen and oxygen atoms in total. The summed E-state index contributed by atoms with van der Waals surface area (Å²) >= 11 is 0. The van der Waals surface area contributed by atoms with E-state index in [2.05, 4.69) is 17.6 Å². The Hall–Kier alpha value is -0.610. The number of unbranched alkanes of at least 4 members (excludes halogenated alkanes) is 4. The molecule has 0 saturated carbocycles. The molecule has 0 radical (unpaired) electrons. The molecule has 17 heavy (non-hydrogen) atoms. The second-order valence-corrected chi connectivity index (χ2v) is 4.46. The topological polar surface area (TPSA) is 61.4 Å². The van der Waals surface area contributed by atoms with Gasteiger partial charge >= 0.3 is 0 Å². The van der Waals surface area contributed by atoms with Gasteiger partial charge in [0, 0.05) is 13.2 Å². The number of nitrogens with one attached hydrogen (secondary N) is 2. The Bertz CT molecular complexity index is 186. The predicted molar refractivity (Wildman–Crippen MR) is 70.9 cm³/mol. The Kier molecular flexibility index (Phi) is 11.4. The molecular formula is C13H28N2O2. The monoisotopic (exact) mass is 244 g/mol. The fraction of sp³-hybridized carbons (Fsp3) is 0.923. The highest BCUT2D eigenvalue weighted by atomic mass is 16.2. The van der Waals surface area contributed by atoms with Crippen LogP contribution in [0, 0.1) is 0 Å². The highest BCUT2D eigenvalue weighted by molar-refractivity contribution is 5.81. The largest absolute Gasteiger partial charge is 0.396 e. The molecule has 0 aliphatic heterocycles. The van der Waals surface area contributed by atoms with Gasteiger partial charge in [0.1, 0.15) is 0 Å². The van der Waals surface area contributed by atoms with Crippen molar-refractivity contribution in [3.63, 3.8) is 0 Å². The van der Waals surface area contributed by atoms with Crippen LogP contribution in [-0.2, 0) is 4.79 Å². The normalized spacial score (nSPS) is 12.4. The Morgan fingerprint density at radius 2 is 1.82 bits per heavy atom. The number of rotatable bonds is 11. The molecule has 1 unspecified atom stereocenters. The highest BCUT2D eigenvalue weighted by Gasteiger charge is 2.10. The third-order valence-corrected chi connectivity index (χ3v) is 2.76. The Labute approximate surface area is 105 Å². The summed E-state index contributed by atoms with van der Waals surface area (Å²) in [6, 6.07) is -0.107. The second kappa shape index (κ2) is 11.9. The lowest BCUT2D eigenvalue weighted by Crippen LogP contribution is -2.42. The molecule has 0 aromatic heterocycles. The molecule has 0 aromatic carbocycles. The molecule has 0 aliphatic rings. The van der Waals surface area contributed by atoms with E-state index in [0.29, 0.717) is 0 Å². The second-order valence-electron chi connectivity index (χ2n) is 4.46. The van der Waals surface area contributed by atoms with Crippen molar-refractivity contribution in [3.8, 4) is 0 Å². The van der Waals surface area contributed by atoms with Crippen LogP contribution in [0.1, 0.15) is 52.4 Å². The van der Waals surface area contributed by atoms with E-state index in [9.17, 15) is 4.79 Å². The molecule has 102 valence electrons. The molecule has 1 amide bonds. The van der Waals surface area contributed by atoms with Crippen LogP contribution in [0.2, 0.25) is 0 Å². The molecule has 0 heterocycles. The molecule has 0 spiro atoms. The summed E-state index contributed by atoms with van der Waals surface area (Å²) in [5, 5.41) is 14.7. The zero-order chi connectivity index (χ0) is 12.9. The standard InChI is InChI=1S/C13H28N2O2/c1-3-4-9-15-13(17)12(2)14-10-7-5-6-8-11-16/h12,14,16H,3-11H2,1-2H3,(H,15,17). The van der Waals surface area contributed by atoms with Gasteiger partial charge in [-0.2, -0.15) is 0 Å². The van der Waals surface area contributed by atoms with Gasteiger partial charge < -0.3 is 15.7 Å². The number of hydrogen-bond donors (Lipinski definition) is 3. The van der Waals surface area contributed by atoms with Crippen molar-refractivity contribution in [1.29, 1.82) is 0 Å². The summed E-state index contributed by atoms with van der Waals surface area (Å²) in [7, 11) is 0. The number of amides is 1. The van der Waals surface area contributed by atoms with Gasteiger partial charge in [-0.25, -0.2) is 0 Å². The number of aliphatic hydroxyl groups excluding tert-OH is 1. The Balaban J connectivity index is 3.37. The van der Waals surface area contributed by atoms with Crippen LogP contribution in [0.25, 0.3) is 0 Å². The third kappa shape index (κ3) is 10.3. The van der Waals surface area contributed by atoms with Crippen molar-refractivity contribution >= 4 is 5.91 Å². The fourth-order valence-corrected chi connectivity index (χ4v) is 1.54. The Morgan fingerprint density at radius 1 is 1.12 bits per heavy atom. The summed E-state index contributed by atoms with van der Waals surface area (Å²) in [4.78, 5) is 11.6. The minimum atomic E-state index is -0.107. The zero-order valence-corrected chi connectivity index (χ0v) is 11.3. The predicted octanol–water partition coefficient (Wildman–Crippen LogP) is 1.43. The van der Waals surface area contributed by atoms with Crippen molar-refractivity contribution in [3.05, 3.63) is 0 Å². The third-order valence-electron chi connectivity index (χ3n) is 2.76. The first-order chi connectivity index (χ1) is 8.22. The van der Waals surface area contributed by atoms with E-state index in [1.165, 1.54) is 0 Å². The molecule has 0 rings (SSSR count). The van der Waals surface area contributed by atoms with Crippen LogP contribution in [-0.4, -0.2) is 36.8 Å². The van der Waals surface area contributed by atoms with Crippen molar-refractivity contribution in [2.75, 3.05) is 19.7 Å². The van der Waals surface area contributed by atoms with Crippen molar-refractivity contribution < 1.29 is 9.90 Å². The molecule has 0 fully saturated rings. The van der Waals surface area contributed by atoms with Crippen LogP contribution in [0.3, 0.4) is 0 Å². The number of carbonyl (C=O) groups excluding carboxylic acids is 1. The number of aliphatic hydroxyl groups is 1. The van der Waals surface area contributed by atoms with Crippen LogP contribution in [0.5, 0.6) is 0 Å². The average Bonchev–Trinajstić information content (AvgIpc) is 2.33. The summed E-state index contributed by atoms with van der Waals surface area (Å²) in [6.45, 7) is 5.94. The molecule has 0 aliphatic carbocycles. The van der Waals surface area contributed by atoms with Gasteiger partial charge in [0.05, 0.1) is 6.04 Å². The molecule has 0 aromatic rings. The smallest absolute Gasteiger partial charge is 0.236 e. The summed E-state index contributed by atoms with van der Waals surface area (Å²) in [5.41, 5.74) is 0. The van der Waals surface area contributed by atoms with E-state index in [1.807, 2.05) is 6.92 Å². The first-order valence-corrected chi connectivity index (χ1v) is 6.84. The average molecular weight is 244 g/mol. The van der Waals surface area contributed by atoms with Crippen LogP contribution < -0.4 is 10.6 Å². The summed E-state index contributed by atoms with van der Waals surface area (Å²) in [5.74, 6) is 0.0915. The van der Waals surface area contributed by atoms with Gasteiger partial charge in [0.25, 0.3) is 0 Å². The molecular weight excluding hydrogens is 216 g/mol. The number of hydrogen-bond acceptors (Lipinski definition) is 3. The first-order valence-electron chi connectivity index (χ1n) is 6.84. The summed E-state index contributed by atoms with van der Waals surface area (Å²) < 4.78 is 0. The van der Waals surface area contributed by atoms with Crippen molar-refractivity contribution in [2.24, 2.45) is 0 Å². The van der Waals surface area contributed by atoms with Gasteiger partial charge in [0.2, 0.25) is 5.91 Å². The maximum absolute atomic E-state index is 11.6. The quantitative estimate of drug-likeness (QED) is 0.482. The maximum Gasteiger partial charge on any atom is 0.236 e. The molecule has 4 heteroatoms. The van der Waals surface area contributed by atoms with Crippen molar-refractivity contribution in [2.45, 2.75) is 58.4 Å². The van der Waals surface area contributed by atoms with Crippen LogP contribution in [0.4, 0.5) is 0 Å². The SMILES string of the molecule is CCCCNC(=O)C(C)NCCCCCCO. The molecule has 0 saturated heterocycles. The van der Waals surface area contributed by atoms with Gasteiger partial charge in [-0.3, -0.25) is 4.79 Å². The minimum absolute atomic E-state index is 0.0915. The lowest BCUT2D eigenvalue weighted by Gasteiger charge is -2.13. The maximum atomic E-state index is 11.6. The fourth-order valence-electron chi connectivity index (χ4n) is 1.54. The van der Waals surface area contributed by atoms with Crippen molar-refractivity contribution in [1.82, 2.24) is 10.6 Å². The lowest BCUT2D eigenvalue weighted by molar-refractivity contribution is -0.122. The van der Waals surface area contributed by atoms with E-state index >= 15 is 0 Å². The number of carbonyl (C=O) groups is 1. The van der Waals surface area contributed by atoms with E-state index in [4.69, 9.17) is 5.11 Å². The first kappa shape index (κ1) is 16.4. The van der Waals surface area contributed by atoms with E-state index in [1.54, 1.807) is 0 Å². The van der Waals surface area contributed by atoms with Gasteiger partial charge in [-0.15, -0.1) is 0 Å². The van der Waals surface area contributed by atoms with Gasteiger partial charge in [-0.05, 0) is 32.7 Å². The minimum Gasteiger partial charge on any atom is -0.396 e. The van der Waals surface area contributed by atoms with E-state index in [0.717, 1.165) is 51.6 Å². The Morgan fingerprint density at radius 3 is 2.47 bits per heavy atom. The molecule has 0 bridgehead atoms. The molecule has 1 atom stereocenters. The lowest BCUT2D eigenvalue weighted by atomic mass is 10.2. The highest BCUT2D eigenvalue weighted by Crippen LogP contribution is 1.98. The van der Waals surface area contributed by atoms with Gasteiger partial charge in [-0.1, -0.05) is 26.2 Å². The van der Waals surface area contributed by atoms with Crippen LogP contribution in [0.15, 0.2) is 0 Å². The summed E-state index contributed by atoms with van der Waals surface area (Å²) in [6.07, 6.45) is 6.26. The zero-order valence-electron chi connectivity index (χ0n) is 11.3. The van der Waals surface area contributed by atoms with E-state index < -0.39 is 0 Å². The van der Waals surface area contributed by atoms with E-state index in [-0.39, 0.29) is 18.6 Å². The van der Waals surface area contributed by atoms with Crippen LogP contribution >= 0.6 is 0 Å². The van der Waals surface area contributed by atoms with Gasteiger partial charge in [0.15, 0.2) is 0 Å². The molecule has 3 N–H and O–H groups in total.